The second kappa shape index (κ2) is 9.05. The van der Waals surface area contributed by atoms with Gasteiger partial charge in [0.25, 0.3) is 5.91 Å². The molecule has 1 heterocycles. The summed E-state index contributed by atoms with van der Waals surface area (Å²) in [5.41, 5.74) is 1.17. The fourth-order valence-electron chi connectivity index (χ4n) is 2.37. The highest BCUT2D eigenvalue weighted by molar-refractivity contribution is 9.10. The molecule has 1 amide bonds. The smallest absolute Gasteiger partial charge is 0.343 e. The van der Waals surface area contributed by atoms with Crippen molar-refractivity contribution >= 4 is 73.8 Å². The van der Waals surface area contributed by atoms with Crippen molar-refractivity contribution in [2.24, 2.45) is 0 Å². The molecule has 142 valence electrons. The summed E-state index contributed by atoms with van der Waals surface area (Å²) in [6, 6.07) is 11.6. The first-order chi connectivity index (χ1) is 13.4. The molecule has 0 radical (unpaired) electrons. The maximum Gasteiger partial charge on any atom is 0.343 e. The van der Waals surface area contributed by atoms with E-state index in [-0.39, 0.29) is 5.91 Å². The maximum atomic E-state index is 12.4. The largest absolute Gasteiger partial charge is 0.422 e. The molecule has 0 saturated carbocycles. The van der Waals surface area contributed by atoms with Crippen LogP contribution in [-0.4, -0.2) is 27.6 Å². The average Bonchev–Trinajstić information content (AvgIpc) is 2.92. The molecule has 28 heavy (non-hydrogen) atoms. The third kappa shape index (κ3) is 4.72. The molecule has 1 fully saturated rings. The summed E-state index contributed by atoms with van der Waals surface area (Å²) in [7, 11) is 0. The highest BCUT2D eigenvalue weighted by Gasteiger charge is 2.30. The predicted octanol–water partition coefficient (Wildman–Crippen LogP) is 5.71. The summed E-state index contributed by atoms with van der Waals surface area (Å²) >= 11 is 15.7. The minimum absolute atomic E-state index is 0.149. The highest BCUT2D eigenvalue weighted by atomic mass is 79.9. The van der Waals surface area contributed by atoms with E-state index >= 15 is 0 Å². The Morgan fingerprint density at radius 3 is 2.64 bits per heavy atom. The number of benzene rings is 2. The zero-order valence-corrected chi connectivity index (χ0v) is 18.3. The van der Waals surface area contributed by atoms with Crippen molar-refractivity contribution in [1.29, 1.82) is 0 Å². The lowest BCUT2D eigenvalue weighted by Crippen LogP contribution is -2.27. The van der Waals surface area contributed by atoms with Crippen molar-refractivity contribution in [2.45, 2.75) is 0 Å². The van der Waals surface area contributed by atoms with E-state index in [4.69, 9.17) is 28.6 Å². The van der Waals surface area contributed by atoms with Crippen LogP contribution < -0.4 is 4.74 Å². The summed E-state index contributed by atoms with van der Waals surface area (Å²) in [5, 5.41) is 0.542. The number of hydrogen-bond donors (Lipinski definition) is 0. The van der Waals surface area contributed by atoms with Crippen molar-refractivity contribution in [3.05, 3.63) is 80.6 Å². The summed E-state index contributed by atoms with van der Waals surface area (Å²) in [5.74, 6) is -0.268. The van der Waals surface area contributed by atoms with Crippen LogP contribution in [-0.2, 0) is 4.79 Å². The molecule has 2 aromatic rings. The van der Waals surface area contributed by atoms with E-state index in [1.807, 2.05) is 0 Å². The number of thiocarbonyl (C=S) groups is 1. The molecule has 0 spiro atoms. The molecule has 0 aliphatic carbocycles. The van der Waals surface area contributed by atoms with Gasteiger partial charge in [-0.15, -0.1) is 6.58 Å². The number of rotatable bonds is 5. The Hall–Kier alpha value is -1.93. The van der Waals surface area contributed by atoms with Crippen LogP contribution in [0.15, 0.2) is 64.5 Å². The van der Waals surface area contributed by atoms with E-state index in [1.54, 1.807) is 54.6 Å². The van der Waals surface area contributed by atoms with Gasteiger partial charge in [0.2, 0.25) is 0 Å². The van der Waals surface area contributed by atoms with Crippen molar-refractivity contribution in [3.8, 4) is 5.75 Å². The summed E-state index contributed by atoms with van der Waals surface area (Å²) in [6.45, 7) is 4.02. The number of ether oxygens (including phenoxy) is 1. The quantitative estimate of drug-likeness (QED) is 0.175. The summed E-state index contributed by atoms with van der Waals surface area (Å²) in [4.78, 5) is 26.7. The molecule has 3 rings (SSSR count). The van der Waals surface area contributed by atoms with E-state index in [9.17, 15) is 9.59 Å². The normalized spacial score (nSPS) is 15.2. The van der Waals surface area contributed by atoms with Gasteiger partial charge in [0.15, 0.2) is 0 Å². The first kappa shape index (κ1) is 20.8. The number of amides is 1. The summed E-state index contributed by atoms with van der Waals surface area (Å²) in [6.07, 6.45) is 3.38. The summed E-state index contributed by atoms with van der Waals surface area (Å²) < 4.78 is 6.51. The van der Waals surface area contributed by atoms with E-state index < -0.39 is 5.97 Å². The van der Waals surface area contributed by atoms with Gasteiger partial charge in [0.1, 0.15) is 10.1 Å². The van der Waals surface area contributed by atoms with Crippen LogP contribution in [0.5, 0.6) is 5.75 Å². The molecule has 1 saturated heterocycles. The number of carbonyl (C=O) groups excluding carboxylic acids is 2. The zero-order valence-electron chi connectivity index (χ0n) is 14.4. The Morgan fingerprint density at radius 1 is 1.29 bits per heavy atom. The van der Waals surface area contributed by atoms with Gasteiger partial charge in [-0.25, -0.2) is 4.79 Å². The molecule has 8 heteroatoms. The number of carbonyl (C=O) groups is 2. The molecular formula is C20H13BrClNO3S2. The van der Waals surface area contributed by atoms with E-state index in [1.165, 1.54) is 16.7 Å². The van der Waals surface area contributed by atoms with E-state index in [2.05, 4.69) is 22.5 Å². The van der Waals surface area contributed by atoms with Gasteiger partial charge in [0.05, 0.1) is 14.9 Å². The number of esters is 1. The van der Waals surface area contributed by atoms with Crippen LogP contribution in [0.2, 0.25) is 5.02 Å². The molecular weight excluding hydrogens is 482 g/mol. The average molecular weight is 495 g/mol. The number of hydrogen-bond acceptors (Lipinski definition) is 5. The van der Waals surface area contributed by atoms with Gasteiger partial charge in [-0.1, -0.05) is 47.7 Å². The molecule has 4 nitrogen and oxygen atoms in total. The SMILES string of the molecule is C=CCN1C(=O)/C(=C/c2ccc(OC(=O)c3ccc(Cl)cc3)c(Br)c2)SC1=S. The second-order valence-electron chi connectivity index (χ2n) is 5.67. The molecule has 0 bridgehead atoms. The topological polar surface area (TPSA) is 46.6 Å². The Morgan fingerprint density at radius 2 is 2.00 bits per heavy atom. The van der Waals surface area contributed by atoms with Gasteiger partial charge >= 0.3 is 5.97 Å². The molecule has 1 aliphatic heterocycles. The van der Waals surface area contributed by atoms with Crippen LogP contribution in [0.25, 0.3) is 6.08 Å². The zero-order chi connectivity index (χ0) is 20.3. The fourth-order valence-corrected chi connectivity index (χ4v) is 4.25. The van der Waals surface area contributed by atoms with Gasteiger partial charge in [-0.2, -0.15) is 0 Å². The van der Waals surface area contributed by atoms with Gasteiger partial charge in [0, 0.05) is 11.6 Å². The van der Waals surface area contributed by atoms with Gasteiger partial charge < -0.3 is 4.74 Å². The van der Waals surface area contributed by atoms with Crippen molar-refractivity contribution < 1.29 is 14.3 Å². The monoisotopic (exact) mass is 493 g/mol. The lowest BCUT2D eigenvalue weighted by Gasteiger charge is -2.10. The van der Waals surface area contributed by atoms with Crippen molar-refractivity contribution in [1.82, 2.24) is 4.90 Å². The molecule has 0 atom stereocenters. The molecule has 0 N–H and O–H groups in total. The molecule has 1 aliphatic rings. The predicted molar refractivity (Wildman–Crippen MR) is 121 cm³/mol. The number of thioether (sulfide) groups is 1. The second-order valence-corrected chi connectivity index (χ2v) is 8.63. The van der Waals surface area contributed by atoms with Gasteiger partial charge in [-0.3, -0.25) is 9.69 Å². The molecule has 0 aromatic heterocycles. The Balaban J connectivity index is 1.76. The fraction of sp³-hybridized carbons (Fsp3) is 0.0500. The van der Waals surface area contributed by atoms with Crippen molar-refractivity contribution in [3.63, 3.8) is 0 Å². The van der Waals surface area contributed by atoms with E-state index in [0.717, 1.165) is 5.56 Å². The van der Waals surface area contributed by atoms with Gasteiger partial charge in [-0.05, 0) is 64.0 Å². The minimum atomic E-state index is -0.490. The lowest BCUT2D eigenvalue weighted by atomic mass is 10.2. The van der Waals surface area contributed by atoms with Crippen LogP contribution in [0, 0.1) is 0 Å². The third-order valence-corrected chi connectivity index (χ3v) is 5.97. The Bertz CT molecular complexity index is 1010. The highest BCUT2D eigenvalue weighted by Crippen LogP contribution is 2.34. The maximum absolute atomic E-state index is 12.4. The molecule has 2 aromatic carbocycles. The van der Waals surface area contributed by atoms with Crippen molar-refractivity contribution in [2.75, 3.05) is 6.54 Å². The first-order valence-electron chi connectivity index (χ1n) is 8.02. The van der Waals surface area contributed by atoms with Crippen LogP contribution in [0.1, 0.15) is 15.9 Å². The third-order valence-electron chi connectivity index (χ3n) is 3.72. The Kier molecular flexibility index (Phi) is 6.72. The lowest BCUT2D eigenvalue weighted by molar-refractivity contribution is -0.121. The Labute approximate surface area is 185 Å². The van der Waals surface area contributed by atoms with Crippen LogP contribution in [0.3, 0.4) is 0 Å². The van der Waals surface area contributed by atoms with E-state index in [0.29, 0.717) is 36.6 Å². The number of halogens is 2. The minimum Gasteiger partial charge on any atom is -0.422 e. The van der Waals surface area contributed by atoms with Crippen LogP contribution >= 0.6 is 51.5 Å². The molecule has 0 unspecified atom stereocenters. The van der Waals surface area contributed by atoms with Crippen LogP contribution in [0.4, 0.5) is 0 Å². The standard InChI is InChI=1S/C20H13BrClNO3S2/c1-2-9-23-18(24)17(28-20(23)27)11-12-3-8-16(15(21)10-12)26-19(25)13-4-6-14(22)7-5-13/h2-8,10-11H,1,9H2/b17-11-. The number of nitrogens with zero attached hydrogens (tertiary/aromatic N) is 1. The first-order valence-corrected chi connectivity index (χ1v) is 10.4.